The molecule has 1 aromatic carbocycles. The molecule has 23 heavy (non-hydrogen) atoms. The second-order valence-corrected chi connectivity index (χ2v) is 6.39. The highest BCUT2D eigenvalue weighted by atomic mass is 35.5. The minimum Gasteiger partial charge on any atom is -0.507 e. The summed E-state index contributed by atoms with van der Waals surface area (Å²) >= 11 is 6.22. The van der Waals surface area contributed by atoms with E-state index in [1.165, 1.54) is 19.3 Å². The Morgan fingerprint density at radius 1 is 1.22 bits per heavy atom. The summed E-state index contributed by atoms with van der Waals surface area (Å²) in [6, 6.07) is 4.06. The van der Waals surface area contributed by atoms with E-state index in [9.17, 15) is 5.11 Å². The number of hydrogen-bond acceptors (Lipinski definition) is 3. The van der Waals surface area contributed by atoms with Gasteiger partial charge in [0, 0.05) is 42.8 Å². The first-order chi connectivity index (χ1) is 10.1. The van der Waals surface area contributed by atoms with Gasteiger partial charge in [0.05, 0.1) is 0 Å². The van der Waals surface area contributed by atoms with Gasteiger partial charge in [0.15, 0.2) is 0 Å². The second kappa shape index (κ2) is 11.4. The van der Waals surface area contributed by atoms with Crippen LogP contribution in [0.3, 0.4) is 0 Å². The van der Waals surface area contributed by atoms with E-state index >= 15 is 0 Å². The molecule has 1 fully saturated rings. The highest BCUT2D eigenvalue weighted by Crippen LogP contribution is 2.37. The molecule has 0 aliphatic carbocycles. The number of benzene rings is 1. The molecule has 0 radical (unpaired) electrons. The van der Waals surface area contributed by atoms with Gasteiger partial charge in [-0.1, -0.05) is 37.8 Å². The fourth-order valence-electron chi connectivity index (χ4n) is 3.13. The number of unbranched alkanes of at least 4 members (excludes halogenated alkanes) is 2. The smallest absolute Gasteiger partial charge is 0.123 e. The lowest BCUT2D eigenvalue weighted by Crippen LogP contribution is -2.45. The van der Waals surface area contributed by atoms with Gasteiger partial charge < -0.3 is 10.4 Å². The highest BCUT2D eigenvalue weighted by molar-refractivity contribution is 6.30. The molecule has 1 saturated heterocycles. The number of phenols is 1. The maximum atomic E-state index is 10.5. The zero-order valence-electron chi connectivity index (χ0n) is 14.0. The summed E-state index contributed by atoms with van der Waals surface area (Å²) in [5.41, 5.74) is 1.87. The Labute approximate surface area is 157 Å². The minimum absolute atomic E-state index is 0. The number of rotatable bonds is 6. The van der Waals surface area contributed by atoms with Gasteiger partial charge in [-0.05, 0) is 31.0 Å². The Hall–Kier alpha value is -0.190. The van der Waals surface area contributed by atoms with Crippen molar-refractivity contribution in [3.8, 4) is 5.75 Å². The van der Waals surface area contributed by atoms with Gasteiger partial charge >= 0.3 is 0 Å². The van der Waals surface area contributed by atoms with Crippen LogP contribution < -0.4 is 5.32 Å². The molecule has 0 spiro atoms. The number of hydrogen-bond donors (Lipinski definition) is 2. The van der Waals surface area contributed by atoms with Crippen molar-refractivity contribution in [2.24, 2.45) is 0 Å². The number of piperazine rings is 1. The molecule has 0 saturated carbocycles. The lowest BCUT2D eigenvalue weighted by molar-refractivity contribution is 0.160. The molecule has 0 aromatic heterocycles. The van der Waals surface area contributed by atoms with Crippen LogP contribution in [0.25, 0.3) is 0 Å². The van der Waals surface area contributed by atoms with Crippen LogP contribution in [0.5, 0.6) is 5.75 Å². The van der Waals surface area contributed by atoms with Gasteiger partial charge in [0.1, 0.15) is 5.75 Å². The highest BCUT2D eigenvalue weighted by Gasteiger charge is 2.25. The molecule has 1 heterocycles. The SMILES string of the molecule is CCCCC[C@@H](c1cc(Cl)cc(C)c1O)N1CCNCC1.Cl.Cl. The van der Waals surface area contributed by atoms with Crippen LogP contribution in [-0.2, 0) is 0 Å². The number of nitrogens with one attached hydrogen (secondary N) is 1. The van der Waals surface area contributed by atoms with E-state index in [1.807, 2.05) is 19.1 Å². The largest absolute Gasteiger partial charge is 0.507 e. The van der Waals surface area contributed by atoms with Crippen LogP contribution in [0.1, 0.15) is 49.8 Å². The van der Waals surface area contributed by atoms with Gasteiger partial charge in [-0.25, -0.2) is 0 Å². The summed E-state index contributed by atoms with van der Waals surface area (Å²) < 4.78 is 0. The van der Waals surface area contributed by atoms with E-state index in [0.717, 1.165) is 48.7 Å². The summed E-state index contributed by atoms with van der Waals surface area (Å²) in [5, 5.41) is 14.6. The average Bonchev–Trinajstić information content (AvgIpc) is 2.49. The second-order valence-electron chi connectivity index (χ2n) is 5.96. The Bertz CT molecular complexity index is 465. The number of halogens is 3. The van der Waals surface area contributed by atoms with Crippen molar-refractivity contribution in [3.63, 3.8) is 0 Å². The van der Waals surface area contributed by atoms with Gasteiger partial charge in [-0.15, -0.1) is 24.8 Å². The molecular formula is C17H29Cl3N2O. The van der Waals surface area contributed by atoms with Gasteiger partial charge in [0.25, 0.3) is 0 Å². The van der Waals surface area contributed by atoms with E-state index in [-0.39, 0.29) is 30.9 Å². The van der Waals surface area contributed by atoms with E-state index < -0.39 is 0 Å². The molecule has 2 N–H and O–H groups in total. The molecule has 1 aliphatic rings. The van der Waals surface area contributed by atoms with Crippen LogP contribution in [0.4, 0.5) is 0 Å². The van der Waals surface area contributed by atoms with Crippen molar-refractivity contribution in [1.82, 2.24) is 10.2 Å². The van der Waals surface area contributed by atoms with Crippen molar-refractivity contribution < 1.29 is 5.11 Å². The average molecular weight is 384 g/mol. The monoisotopic (exact) mass is 382 g/mol. The number of aromatic hydroxyl groups is 1. The third kappa shape index (κ3) is 6.32. The lowest BCUT2D eigenvalue weighted by atomic mass is 9.95. The van der Waals surface area contributed by atoms with Crippen LogP contribution in [0.2, 0.25) is 5.02 Å². The normalized spacial score (nSPS) is 16.3. The quantitative estimate of drug-likeness (QED) is 0.697. The van der Waals surface area contributed by atoms with Crippen LogP contribution in [0.15, 0.2) is 12.1 Å². The molecule has 1 aliphatic heterocycles. The Kier molecular flexibility index (Phi) is 11.3. The van der Waals surface area contributed by atoms with Gasteiger partial charge in [-0.3, -0.25) is 4.90 Å². The Balaban J connectivity index is 0.00000242. The van der Waals surface area contributed by atoms with Gasteiger partial charge in [-0.2, -0.15) is 0 Å². The first-order valence-electron chi connectivity index (χ1n) is 8.07. The van der Waals surface area contributed by atoms with Crippen LogP contribution in [-0.4, -0.2) is 36.2 Å². The standard InChI is InChI=1S/C17H27ClN2O.2ClH/c1-3-4-5-6-16(20-9-7-19-8-10-20)15-12-14(18)11-13(2)17(15)21;;/h11-12,16,19,21H,3-10H2,1-2H3;2*1H/t16-;;/m0../s1. The summed E-state index contributed by atoms with van der Waals surface area (Å²) in [6.45, 7) is 8.24. The maximum absolute atomic E-state index is 10.5. The third-order valence-corrected chi connectivity index (χ3v) is 4.55. The predicted molar refractivity (Wildman–Crippen MR) is 104 cm³/mol. The van der Waals surface area contributed by atoms with Crippen molar-refractivity contribution in [1.29, 1.82) is 0 Å². The van der Waals surface area contributed by atoms with E-state index in [0.29, 0.717) is 5.75 Å². The van der Waals surface area contributed by atoms with Crippen molar-refractivity contribution >= 4 is 36.4 Å². The van der Waals surface area contributed by atoms with Crippen molar-refractivity contribution in [2.45, 2.75) is 45.6 Å². The minimum atomic E-state index is 0. The summed E-state index contributed by atoms with van der Waals surface area (Å²) in [7, 11) is 0. The molecule has 1 aromatic rings. The molecule has 0 unspecified atom stereocenters. The van der Waals surface area contributed by atoms with Crippen LogP contribution in [0, 0.1) is 6.92 Å². The molecule has 134 valence electrons. The third-order valence-electron chi connectivity index (χ3n) is 4.33. The summed E-state index contributed by atoms with van der Waals surface area (Å²) in [4.78, 5) is 2.48. The summed E-state index contributed by atoms with van der Waals surface area (Å²) in [6.07, 6.45) is 4.73. The molecule has 1 atom stereocenters. The van der Waals surface area contributed by atoms with Crippen LogP contribution >= 0.6 is 36.4 Å². The maximum Gasteiger partial charge on any atom is 0.123 e. The Morgan fingerprint density at radius 3 is 2.48 bits per heavy atom. The Morgan fingerprint density at radius 2 is 1.87 bits per heavy atom. The first-order valence-corrected chi connectivity index (χ1v) is 8.45. The summed E-state index contributed by atoms with van der Waals surface area (Å²) in [5.74, 6) is 0.416. The topological polar surface area (TPSA) is 35.5 Å². The fourth-order valence-corrected chi connectivity index (χ4v) is 3.41. The lowest BCUT2D eigenvalue weighted by Gasteiger charge is -2.36. The van der Waals surface area contributed by atoms with E-state index in [2.05, 4.69) is 17.1 Å². The molecule has 2 rings (SSSR count). The zero-order valence-corrected chi connectivity index (χ0v) is 16.4. The van der Waals surface area contributed by atoms with E-state index in [4.69, 9.17) is 11.6 Å². The first kappa shape index (κ1) is 22.8. The fraction of sp³-hybridized carbons (Fsp3) is 0.647. The molecule has 6 heteroatoms. The number of nitrogens with zero attached hydrogens (tertiary/aromatic N) is 1. The number of aryl methyl sites for hydroxylation is 1. The zero-order chi connectivity index (χ0) is 15.2. The molecule has 0 amide bonds. The number of phenolic OH excluding ortho intramolecular Hbond substituents is 1. The van der Waals surface area contributed by atoms with Crippen molar-refractivity contribution in [3.05, 3.63) is 28.3 Å². The van der Waals surface area contributed by atoms with Gasteiger partial charge in [0.2, 0.25) is 0 Å². The van der Waals surface area contributed by atoms with E-state index in [1.54, 1.807) is 0 Å². The van der Waals surface area contributed by atoms with Crippen molar-refractivity contribution in [2.75, 3.05) is 26.2 Å². The molecule has 3 nitrogen and oxygen atoms in total. The predicted octanol–water partition coefficient (Wildman–Crippen LogP) is 4.72. The molecule has 0 bridgehead atoms. The molecular weight excluding hydrogens is 355 g/mol.